The molecule has 0 aromatic heterocycles. The van der Waals surface area contributed by atoms with E-state index >= 15 is 0 Å². The molecule has 0 bridgehead atoms. The molecular formula is C13H22F2. The molecule has 0 radical (unpaired) electrons. The molecule has 1 rings (SSSR count). The average molecular weight is 216 g/mol. The smallest absolute Gasteiger partial charge is 0.205 e. The van der Waals surface area contributed by atoms with Crippen molar-refractivity contribution in [2.75, 3.05) is 0 Å². The van der Waals surface area contributed by atoms with Gasteiger partial charge in [-0.3, -0.25) is 0 Å². The van der Waals surface area contributed by atoms with Crippen LogP contribution in [0.1, 0.15) is 50.8 Å². The Morgan fingerprint density at radius 1 is 0.933 bits per heavy atom. The summed E-state index contributed by atoms with van der Waals surface area (Å²) in [7, 11) is 0. The van der Waals surface area contributed by atoms with Gasteiger partial charge in [-0.1, -0.05) is 45.9 Å². The molecule has 0 atom stereocenters. The highest BCUT2D eigenvalue weighted by molar-refractivity contribution is 5.33. The Bertz CT molecular complexity index is 255. The van der Waals surface area contributed by atoms with Gasteiger partial charge >= 0.3 is 0 Å². The molecule has 0 amide bonds. The summed E-state index contributed by atoms with van der Waals surface area (Å²) in [5.74, 6) is 0. The van der Waals surface area contributed by atoms with Crippen molar-refractivity contribution in [2.45, 2.75) is 48.0 Å². The lowest BCUT2D eigenvalue weighted by Gasteiger charge is -2.05. The number of aryl methyl sites for hydroxylation is 1. The molecule has 88 valence electrons. The van der Waals surface area contributed by atoms with Crippen LogP contribution in [0.15, 0.2) is 18.2 Å². The summed E-state index contributed by atoms with van der Waals surface area (Å²) in [6, 6.07) is 4.96. The Morgan fingerprint density at radius 3 is 1.73 bits per heavy atom. The Balaban J connectivity index is 0. The van der Waals surface area contributed by atoms with E-state index in [1.54, 1.807) is 13.0 Å². The first-order valence-corrected chi connectivity index (χ1v) is 5.47. The maximum absolute atomic E-state index is 12.2. The van der Waals surface area contributed by atoms with Gasteiger partial charge in [0.2, 0.25) is 0 Å². The summed E-state index contributed by atoms with van der Waals surface area (Å²) >= 11 is 0. The predicted octanol–water partition coefficient (Wildman–Crippen LogP) is 5.29. The molecule has 1 aromatic rings. The molecule has 0 aliphatic rings. The first-order chi connectivity index (χ1) is 7.13. The van der Waals surface area contributed by atoms with Crippen molar-refractivity contribution in [3.8, 4) is 0 Å². The Kier molecular flexibility index (Phi) is 10.6. The molecule has 15 heavy (non-hydrogen) atoms. The van der Waals surface area contributed by atoms with Crippen LogP contribution in [0.4, 0.5) is 8.78 Å². The van der Waals surface area contributed by atoms with Gasteiger partial charge in [-0.25, -0.2) is 8.78 Å². The third-order valence-corrected chi connectivity index (χ3v) is 1.88. The lowest BCUT2D eigenvalue weighted by atomic mass is 10.0. The number of hydrogen-bond donors (Lipinski definition) is 0. The fourth-order valence-electron chi connectivity index (χ4n) is 1.01. The molecule has 0 fully saturated rings. The van der Waals surface area contributed by atoms with E-state index < -0.39 is 6.43 Å². The van der Waals surface area contributed by atoms with E-state index in [1.807, 2.05) is 40.7 Å². The van der Waals surface area contributed by atoms with Crippen LogP contribution in [0.2, 0.25) is 0 Å². The summed E-state index contributed by atoms with van der Waals surface area (Å²) < 4.78 is 24.4. The van der Waals surface area contributed by atoms with Gasteiger partial charge in [-0.15, -0.1) is 0 Å². The Labute approximate surface area is 92.3 Å². The zero-order valence-electron chi connectivity index (χ0n) is 10.6. The first-order valence-electron chi connectivity index (χ1n) is 5.47. The summed E-state index contributed by atoms with van der Waals surface area (Å²) in [6.07, 6.45) is -2.35. The second-order valence-corrected chi connectivity index (χ2v) is 2.59. The standard InChI is InChI=1S/C9H10F2.2C2H6/c1-6-4-3-5-8(7(6)2)9(10)11;2*1-2/h3-5,9H,1-2H3;2*1-2H3. The second kappa shape index (κ2) is 9.63. The third kappa shape index (κ3) is 5.50. The average Bonchev–Trinajstić information content (AvgIpc) is 2.27. The van der Waals surface area contributed by atoms with Gasteiger partial charge in [-0.05, 0) is 25.0 Å². The number of benzene rings is 1. The SMILES string of the molecule is CC.CC.Cc1cccc(C(F)F)c1C. The monoisotopic (exact) mass is 216 g/mol. The van der Waals surface area contributed by atoms with Gasteiger partial charge in [0.15, 0.2) is 0 Å². The van der Waals surface area contributed by atoms with E-state index in [9.17, 15) is 8.78 Å². The molecule has 0 N–H and O–H groups in total. The summed E-state index contributed by atoms with van der Waals surface area (Å²) in [5, 5.41) is 0. The van der Waals surface area contributed by atoms with Crippen LogP contribution < -0.4 is 0 Å². The molecule has 0 aliphatic carbocycles. The van der Waals surface area contributed by atoms with Crippen molar-refractivity contribution >= 4 is 0 Å². The third-order valence-electron chi connectivity index (χ3n) is 1.88. The minimum Gasteiger partial charge on any atom is -0.205 e. The highest BCUT2D eigenvalue weighted by Crippen LogP contribution is 2.23. The molecule has 0 saturated heterocycles. The van der Waals surface area contributed by atoms with Crippen molar-refractivity contribution in [3.63, 3.8) is 0 Å². The van der Waals surface area contributed by atoms with E-state index in [0.29, 0.717) is 5.56 Å². The predicted molar refractivity (Wildman–Crippen MR) is 63.6 cm³/mol. The summed E-state index contributed by atoms with van der Waals surface area (Å²) in [5.41, 5.74) is 1.76. The van der Waals surface area contributed by atoms with Crippen LogP contribution >= 0.6 is 0 Å². The first kappa shape index (κ1) is 16.5. The van der Waals surface area contributed by atoms with Crippen molar-refractivity contribution in [1.29, 1.82) is 0 Å². The molecule has 2 heteroatoms. The van der Waals surface area contributed by atoms with Crippen molar-refractivity contribution in [2.24, 2.45) is 0 Å². The molecule has 1 aromatic carbocycles. The Hall–Kier alpha value is -0.920. The normalized spacial score (nSPS) is 8.60. The van der Waals surface area contributed by atoms with Crippen LogP contribution in [-0.4, -0.2) is 0 Å². The zero-order chi connectivity index (χ0) is 12.4. The van der Waals surface area contributed by atoms with Crippen molar-refractivity contribution < 1.29 is 8.78 Å². The van der Waals surface area contributed by atoms with Crippen molar-refractivity contribution in [3.05, 3.63) is 34.9 Å². The lowest BCUT2D eigenvalue weighted by Crippen LogP contribution is -1.91. The highest BCUT2D eigenvalue weighted by atomic mass is 19.3. The van der Waals surface area contributed by atoms with Crippen LogP contribution in [0, 0.1) is 13.8 Å². The summed E-state index contributed by atoms with van der Waals surface area (Å²) in [4.78, 5) is 0. The van der Waals surface area contributed by atoms with Gasteiger partial charge in [0.05, 0.1) is 0 Å². The number of rotatable bonds is 1. The van der Waals surface area contributed by atoms with E-state index in [4.69, 9.17) is 0 Å². The molecule has 0 unspecified atom stereocenters. The molecule has 0 heterocycles. The second-order valence-electron chi connectivity index (χ2n) is 2.59. The fraction of sp³-hybridized carbons (Fsp3) is 0.538. The van der Waals surface area contributed by atoms with Gasteiger partial charge in [0, 0.05) is 5.56 Å². The topological polar surface area (TPSA) is 0 Å². The Morgan fingerprint density at radius 2 is 1.40 bits per heavy atom. The lowest BCUT2D eigenvalue weighted by molar-refractivity contribution is 0.150. The zero-order valence-corrected chi connectivity index (χ0v) is 10.6. The van der Waals surface area contributed by atoms with Gasteiger partial charge in [-0.2, -0.15) is 0 Å². The molecule has 0 saturated carbocycles. The van der Waals surface area contributed by atoms with Gasteiger partial charge in [0.1, 0.15) is 0 Å². The maximum Gasteiger partial charge on any atom is 0.264 e. The summed E-state index contributed by atoms with van der Waals surface area (Å²) in [6.45, 7) is 11.6. The molecular weight excluding hydrogens is 194 g/mol. The molecule has 0 aliphatic heterocycles. The van der Waals surface area contributed by atoms with Crippen LogP contribution in [0.5, 0.6) is 0 Å². The molecule has 0 spiro atoms. The van der Waals surface area contributed by atoms with E-state index in [1.165, 1.54) is 6.07 Å². The quantitative estimate of drug-likeness (QED) is 0.598. The molecule has 0 nitrogen and oxygen atoms in total. The van der Waals surface area contributed by atoms with Crippen LogP contribution in [-0.2, 0) is 0 Å². The minimum absolute atomic E-state index is 0.144. The van der Waals surface area contributed by atoms with Crippen LogP contribution in [0.3, 0.4) is 0 Å². The number of alkyl halides is 2. The highest BCUT2D eigenvalue weighted by Gasteiger charge is 2.09. The van der Waals surface area contributed by atoms with Crippen LogP contribution in [0.25, 0.3) is 0 Å². The minimum atomic E-state index is -2.35. The number of halogens is 2. The van der Waals surface area contributed by atoms with E-state index in [2.05, 4.69) is 0 Å². The maximum atomic E-state index is 12.2. The van der Waals surface area contributed by atoms with Crippen molar-refractivity contribution in [1.82, 2.24) is 0 Å². The van der Waals surface area contributed by atoms with E-state index in [0.717, 1.165) is 5.56 Å². The largest absolute Gasteiger partial charge is 0.264 e. The van der Waals surface area contributed by atoms with Gasteiger partial charge < -0.3 is 0 Å². The van der Waals surface area contributed by atoms with Gasteiger partial charge in [0.25, 0.3) is 6.43 Å². The van der Waals surface area contributed by atoms with E-state index in [-0.39, 0.29) is 5.56 Å². The fourth-order valence-corrected chi connectivity index (χ4v) is 1.01. The number of hydrogen-bond acceptors (Lipinski definition) is 0.